The molecule has 0 aliphatic heterocycles. The molecule has 2 nitrogen and oxygen atoms in total. The molecule has 0 aromatic rings. The Morgan fingerprint density at radius 2 is 2.13 bits per heavy atom. The van der Waals surface area contributed by atoms with E-state index in [9.17, 15) is 4.79 Å². The highest BCUT2D eigenvalue weighted by Gasteiger charge is 2.31. The standard InChI is InChI=1S/C13H22O2/c1-5-15-9-10-8-11(13(2,3)4)6-7-12(10)14/h9,11H,5-8H2,1-4H3. The van der Waals surface area contributed by atoms with E-state index in [1.54, 1.807) is 6.26 Å². The van der Waals surface area contributed by atoms with Gasteiger partial charge < -0.3 is 4.74 Å². The van der Waals surface area contributed by atoms with Gasteiger partial charge in [0.2, 0.25) is 0 Å². The van der Waals surface area contributed by atoms with Crippen molar-refractivity contribution < 1.29 is 9.53 Å². The molecule has 1 atom stereocenters. The average molecular weight is 210 g/mol. The van der Waals surface area contributed by atoms with E-state index in [0.717, 1.165) is 18.4 Å². The molecular weight excluding hydrogens is 188 g/mol. The van der Waals surface area contributed by atoms with Crippen molar-refractivity contribution in [1.29, 1.82) is 0 Å². The lowest BCUT2D eigenvalue weighted by atomic mass is 9.71. The van der Waals surface area contributed by atoms with Crippen LogP contribution < -0.4 is 0 Å². The lowest BCUT2D eigenvalue weighted by molar-refractivity contribution is -0.117. The maximum absolute atomic E-state index is 11.6. The number of carbonyl (C=O) groups is 1. The first-order valence-corrected chi connectivity index (χ1v) is 5.79. The number of rotatable bonds is 2. The predicted octanol–water partition coefficient (Wildman–Crippen LogP) is 3.32. The van der Waals surface area contributed by atoms with E-state index < -0.39 is 0 Å². The van der Waals surface area contributed by atoms with Gasteiger partial charge in [-0.25, -0.2) is 0 Å². The fourth-order valence-corrected chi connectivity index (χ4v) is 1.98. The first-order valence-electron chi connectivity index (χ1n) is 5.79. The number of Topliss-reactive ketones (excluding diaryl/α,β-unsaturated/α-hetero) is 1. The molecule has 15 heavy (non-hydrogen) atoms. The molecule has 0 radical (unpaired) electrons. The van der Waals surface area contributed by atoms with E-state index in [1.165, 1.54) is 0 Å². The zero-order valence-corrected chi connectivity index (χ0v) is 10.3. The summed E-state index contributed by atoms with van der Waals surface area (Å²) >= 11 is 0. The van der Waals surface area contributed by atoms with E-state index in [4.69, 9.17) is 4.74 Å². The highest BCUT2D eigenvalue weighted by Crippen LogP contribution is 2.38. The van der Waals surface area contributed by atoms with Crippen LogP contribution in [0.2, 0.25) is 0 Å². The van der Waals surface area contributed by atoms with Gasteiger partial charge in [0, 0.05) is 12.0 Å². The zero-order chi connectivity index (χ0) is 11.5. The topological polar surface area (TPSA) is 26.3 Å². The Bertz CT molecular complexity index is 258. The van der Waals surface area contributed by atoms with Crippen molar-refractivity contribution in [2.45, 2.75) is 47.0 Å². The third-order valence-corrected chi connectivity index (χ3v) is 3.16. The molecule has 2 heteroatoms. The summed E-state index contributed by atoms with van der Waals surface area (Å²) in [6.07, 6.45) is 4.25. The van der Waals surface area contributed by atoms with Crippen molar-refractivity contribution in [3.63, 3.8) is 0 Å². The molecule has 0 heterocycles. The monoisotopic (exact) mass is 210 g/mol. The van der Waals surface area contributed by atoms with Crippen molar-refractivity contribution in [1.82, 2.24) is 0 Å². The SMILES string of the molecule is CCOC=C1CC(C(C)(C)C)CCC1=O. The Morgan fingerprint density at radius 3 is 2.67 bits per heavy atom. The van der Waals surface area contributed by atoms with E-state index >= 15 is 0 Å². The molecule has 0 aromatic heterocycles. The van der Waals surface area contributed by atoms with Gasteiger partial charge in [-0.1, -0.05) is 20.8 Å². The second-order valence-electron chi connectivity index (χ2n) is 5.33. The maximum atomic E-state index is 11.6. The van der Waals surface area contributed by atoms with Crippen LogP contribution in [0.4, 0.5) is 0 Å². The van der Waals surface area contributed by atoms with Gasteiger partial charge in [-0.3, -0.25) is 4.79 Å². The van der Waals surface area contributed by atoms with Crippen LogP contribution in [-0.2, 0) is 9.53 Å². The third kappa shape index (κ3) is 3.37. The minimum absolute atomic E-state index is 0.268. The Morgan fingerprint density at radius 1 is 1.47 bits per heavy atom. The lowest BCUT2D eigenvalue weighted by Gasteiger charge is -2.34. The molecule has 0 bridgehead atoms. The van der Waals surface area contributed by atoms with Gasteiger partial charge in [0.05, 0.1) is 12.9 Å². The number of carbonyl (C=O) groups excluding carboxylic acids is 1. The molecular formula is C13H22O2. The third-order valence-electron chi connectivity index (χ3n) is 3.16. The number of allylic oxidation sites excluding steroid dienone is 1. The van der Waals surface area contributed by atoms with E-state index in [-0.39, 0.29) is 11.2 Å². The minimum atomic E-state index is 0.268. The smallest absolute Gasteiger partial charge is 0.161 e. The maximum Gasteiger partial charge on any atom is 0.161 e. The highest BCUT2D eigenvalue weighted by atomic mass is 16.5. The molecule has 1 aliphatic carbocycles. The van der Waals surface area contributed by atoms with Crippen molar-refractivity contribution >= 4 is 5.78 Å². The predicted molar refractivity (Wildman–Crippen MR) is 61.5 cm³/mol. The first kappa shape index (κ1) is 12.3. The number of hydrogen-bond acceptors (Lipinski definition) is 2. The summed E-state index contributed by atoms with van der Waals surface area (Å²) in [4.78, 5) is 11.6. The van der Waals surface area contributed by atoms with E-state index in [0.29, 0.717) is 18.9 Å². The van der Waals surface area contributed by atoms with Crippen molar-refractivity contribution in [3.8, 4) is 0 Å². The zero-order valence-electron chi connectivity index (χ0n) is 10.3. The van der Waals surface area contributed by atoms with Crippen LogP contribution in [0.5, 0.6) is 0 Å². The molecule has 0 spiro atoms. The van der Waals surface area contributed by atoms with Crippen LogP contribution in [0.25, 0.3) is 0 Å². The average Bonchev–Trinajstić information content (AvgIpc) is 2.15. The molecule has 86 valence electrons. The van der Waals surface area contributed by atoms with Crippen LogP contribution in [0.15, 0.2) is 11.8 Å². The molecule has 0 N–H and O–H groups in total. The van der Waals surface area contributed by atoms with Gasteiger partial charge in [-0.05, 0) is 31.1 Å². The molecule has 1 unspecified atom stereocenters. The van der Waals surface area contributed by atoms with Crippen molar-refractivity contribution in [2.24, 2.45) is 11.3 Å². The van der Waals surface area contributed by atoms with Gasteiger partial charge in [-0.2, -0.15) is 0 Å². The number of hydrogen-bond donors (Lipinski definition) is 0. The lowest BCUT2D eigenvalue weighted by Crippen LogP contribution is -2.27. The summed E-state index contributed by atoms with van der Waals surface area (Å²) in [5, 5.41) is 0. The minimum Gasteiger partial charge on any atom is -0.501 e. The van der Waals surface area contributed by atoms with Crippen molar-refractivity contribution in [3.05, 3.63) is 11.8 Å². The van der Waals surface area contributed by atoms with Gasteiger partial charge in [0.15, 0.2) is 5.78 Å². The van der Waals surface area contributed by atoms with E-state index in [1.807, 2.05) is 6.92 Å². The number of ketones is 1. The van der Waals surface area contributed by atoms with Gasteiger partial charge in [0.25, 0.3) is 0 Å². The second kappa shape index (κ2) is 4.82. The summed E-state index contributed by atoms with van der Waals surface area (Å²) in [5.41, 5.74) is 1.16. The largest absolute Gasteiger partial charge is 0.501 e. The fourth-order valence-electron chi connectivity index (χ4n) is 1.98. The van der Waals surface area contributed by atoms with Gasteiger partial charge in [-0.15, -0.1) is 0 Å². The molecule has 0 aromatic carbocycles. The summed E-state index contributed by atoms with van der Waals surface area (Å²) in [6.45, 7) is 9.30. The normalized spacial score (nSPS) is 25.7. The van der Waals surface area contributed by atoms with Crippen LogP contribution in [0.3, 0.4) is 0 Å². The molecule has 0 amide bonds. The van der Waals surface area contributed by atoms with Crippen LogP contribution in [0.1, 0.15) is 47.0 Å². The Labute approximate surface area is 92.7 Å². The summed E-state index contributed by atoms with van der Waals surface area (Å²) in [7, 11) is 0. The molecule has 1 aliphatic rings. The van der Waals surface area contributed by atoms with Crippen molar-refractivity contribution in [2.75, 3.05) is 6.61 Å². The summed E-state index contributed by atoms with van der Waals surface area (Å²) in [6, 6.07) is 0. The first-order chi connectivity index (χ1) is 6.95. The Balaban J connectivity index is 2.68. The molecule has 1 saturated carbocycles. The van der Waals surface area contributed by atoms with Crippen LogP contribution in [-0.4, -0.2) is 12.4 Å². The van der Waals surface area contributed by atoms with Gasteiger partial charge >= 0.3 is 0 Å². The fraction of sp³-hybridized carbons (Fsp3) is 0.769. The number of ether oxygens (including phenoxy) is 1. The Kier molecular flexibility index (Phi) is 3.95. The molecule has 1 rings (SSSR count). The van der Waals surface area contributed by atoms with Crippen LogP contribution >= 0.6 is 0 Å². The molecule has 1 fully saturated rings. The van der Waals surface area contributed by atoms with E-state index in [2.05, 4.69) is 20.8 Å². The summed E-state index contributed by atoms with van der Waals surface area (Å²) in [5.74, 6) is 0.867. The van der Waals surface area contributed by atoms with Gasteiger partial charge in [0.1, 0.15) is 0 Å². The second-order valence-corrected chi connectivity index (χ2v) is 5.33. The Hall–Kier alpha value is -0.790. The van der Waals surface area contributed by atoms with Crippen LogP contribution in [0, 0.1) is 11.3 Å². The molecule has 0 saturated heterocycles. The highest BCUT2D eigenvalue weighted by molar-refractivity contribution is 5.95. The summed E-state index contributed by atoms with van der Waals surface area (Å²) < 4.78 is 5.22. The quantitative estimate of drug-likeness (QED) is 0.516.